The quantitative estimate of drug-likeness (QED) is 0.594. The molecule has 142 valence electrons. The zero-order chi connectivity index (χ0) is 20.1. The SMILES string of the molecule is CCOc1cc2ncc(C#N)c(Nc3cccc(C(C)=O)c3)c2cc1OCC. The van der Waals surface area contributed by atoms with Crippen molar-refractivity contribution in [3.05, 3.63) is 53.7 Å². The van der Waals surface area contributed by atoms with Crippen LogP contribution in [0.25, 0.3) is 10.9 Å². The summed E-state index contributed by atoms with van der Waals surface area (Å²) in [4.78, 5) is 16.1. The van der Waals surface area contributed by atoms with Gasteiger partial charge in [-0.25, -0.2) is 0 Å². The van der Waals surface area contributed by atoms with E-state index in [0.29, 0.717) is 52.7 Å². The van der Waals surface area contributed by atoms with Gasteiger partial charge in [0, 0.05) is 28.9 Å². The van der Waals surface area contributed by atoms with E-state index in [9.17, 15) is 10.1 Å². The van der Waals surface area contributed by atoms with Gasteiger partial charge in [-0.1, -0.05) is 12.1 Å². The number of ketones is 1. The summed E-state index contributed by atoms with van der Waals surface area (Å²) in [6, 6.07) is 13.0. The molecule has 0 aliphatic rings. The molecule has 0 spiro atoms. The molecule has 6 nitrogen and oxygen atoms in total. The Morgan fingerprint density at radius 2 is 1.86 bits per heavy atom. The van der Waals surface area contributed by atoms with Crippen molar-refractivity contribution in [1.29, 1.82) is 5.26 Å². The van der Waals surface area contributed by atoms with E-state index in [-0.39, 0.29) is 5.78 Å². The number of hydrogen-bond acceptors (Lipinski definition) is 6. The van der Waals surface area contributed by atoms with Crippen molar-refractivity contribution in [2.45, 2.75) is 20.8 Å². The van der Waals surface area contributed by atoms with Crippen molar-refractivity contribution < 1.29 is 14.3 Å². The van der Waals surface area contributed by atoms with Gasteiger partial charge in [-0.3, -0.25) is 9.78 Å². The summed E-state index contributed by atoms with van der Waals surface area (Å²) in [7, 11) is 0. The second-order valence-electron chi connectivity index (χ2n) is 6.10. The Hall–Kier alpha value is -3.59. The Bertz CT molecular complexity index is 1070. The van der Waals surface area contributed by atoms with Gasteiger partial charge in [-0.15, -0.1) is 0 Å². The third kappa shape index (κ3) is 3.89. The van der Waals surface area contributed by atoms with Crippen LogP contribution in [0.4, 0.5) is 11.4 Å². The molecular formula is C22H21N3O3. The highest BCUT2D eigenvalue weighted by Crippen LogP contribution is 2.37. The zero-order valence-electron chi connectivity index (χ0n) is 16.1. The molecule has 28 heavy (non-hydrogen) atoms. The number of carbonyl (C=O) groups excluding carboxylic acids is 1. The lowest BCUT2D eigenvalue weighted by Crippen LogP contribution is -2.02. The topological polar surface area (TPSA) is 84.2 Å². The summed E-state index contributed by atoms with van der Waals surface area (Å²) in [5, 5.41) is 13.6. The highest BCUT2D eigenvalue weighted by Gasteiger charge is 2.15. The molecular weight excluding hydrogens is 354 g/mol. The minimum atomic E-state index is -0.0243. The maximum absolute atomic E-state index is 11.7. The van der Waals surface area contributed by atoms with E-state index in [1.54, 1.807) is 18.2 Å². The van der Waals surface area contributed by atoms with E-state index < -0.39 is 0 Å². The summed E-state index contributed by atoms with van der Waals surface area (Å²) in [6.07, 6.45) is 1.52. The van der Waals surface area contributed by atoms with Crippen molar-refractivity contribution in [2.75, 3.05) is 18.5 Å². The number of aromatic nitrogens is 1. The minimum Gasteiger partial charge on any atom is -0.490 e. The molecule has 1 aromatic heterocycles. The molecule has 2 aromatic carbocycles. The molecule has 0 saturated heterocycles. The lowest BCUT2D eigenvalue weighted by Gasteiger charge is -2.16. The average molecular weight is 375 g/mol. The van der Waals surface area contributed by atoms with Gasteiger partial charge in [-0.2, -0.15) is 5.26 Å². The molecule has 0 aliphatic heterocycles. The number of pyridine rings is 1. The summed E-state index contributed by atoms with van der Waals surface area (Å²) < 4.78 is 11.4. The van der Waals surface area contributed by atoms with Crippen LogP contribution in [0.15, 0.2) is 42.6 Å². The third-order valence-corrected chi connectivity index (χ3v) is 4.19. The van der Waals surface area contributed by atoms with Gasteiger partial charge in [0.1, 0.15) is 6.07 Å². The Morgan fingerprint density at radius 1 is 1.14 bits per heavy atom. The van der Waals surface area contributed by atoms with E-state index in [0.717, 1.165) is 5.39 Å². The Labute approximate surface area is 163 Å². The van der Waals surface area contributed by atoms with Crippen molar-refractivity contribution in [3.8, 4) is 17.6 Å². The summed E-state index contributed by atoms with van der Waals surface area (Å²) >= 11 is 0. The van der Waals surface area contributed by atoms with Crippen molar-refractivity contribution >= 4 is 28.1 Å². The summed E-state index contributed by atoms with van der Waals surface area (Å²) in [5.74, 6) is 1.18. The zero-order valence-corrected chi connectivity index (χ0v) is 16.1. The number of nitrogens with one attached hydrogen (secondary N) is 1. The number of nitriles is 1. The van der Waals surface area contributed by atoms with Crippen molar-refractivity contribution in [3.63, 3.8) is 0 Å². The van der Waals surface area contributed by atoms with Crippen LogP contribution in [-0.4, -0.2) is 24.0 Å². The summed E-state index contributed by atoms with van der Waals surface area (Å²) in [6.45, 7) is 6.31. The van der Waals surface area contributed by atoms with Gasteiger partial charge >= 0.3 is 0 Å². The molecule has 0 amide bonds. The predicted octanol–water partition coefficient (Wildman–Crippen LogP) is 4.85. The number of rotatable bonds is 7. The minimum absolute atomic E-state index is 0.0243. The monoisotopic (exact) mass is 375 g/mol. The Kier molecular flexibility index (Phi) is 5.75. The summed E-state index contributed by atoms with van der Waals surface area (Å²) in [5.41, 5.74) is 2.99. The van der Waals surface area contributed by atoms with Gasteiger partial charge in [0.2, 0.25) is 0 Å². The highest BCUT2D eigenvalue weighted by atomic mass is 16.5. The molecule has 0 bridgehead atoms. The first-order chi connectivity index (χ1) is 13.6. The van der Waals surface area contributed by atoms with E-state index in [1.807, 2.05) is 32.0 Å². The smallest absolute Gasteiger partial charge is 0.163 e. The van der Waals surface area contributed by atoms with Gasteiger partial charge in [-0.05, 0) is 39.0 Å². The second-order valence-corrected chi connectivity index (χ2v) is 6.10. The number of carbonyl (C=O) groups is 1. The molecule has 3 rings (SSSR count). The molecule has 3 aromatic rings. The van der Waals surface area contributed by atoms with Crippen molar-refractivity contribution in [2.24, 2.45) is 0 Å². The van der Waals surface area contributed by atoms with E-state index in [2.05, 4.69) is 16.4 Å². The Balaban J connectivity index is 2.16. The molecule has 1 heterocycles. The largest absolute Gasteiger partial charge is 0.490 e. The number of Topliss-reactive ketones (excluding diaryl/α,β-unsaturated/α-hetero) is 1. The second kappa shape index (κ2) is 8.40. The third-order valence-electron chi connectivity index (χ3n) is 4.19. The molecule has 0 aliphatic carbocycles. The van der Waals surface area contributed by atoms with Crippen LogP contribution >= 0.6 is 0 Å². The normalized spacial score (nSPS) is 10.4. The van der Waals surface area contributed by atoms with Crippen LogP contribution in [0.3, 0.4) is 0 Å². The van der Waals surface area contributed by atoms with Crippen LogP contribution in [0.1, 0.15) is 36.7 Å². The maximum atomic E-state index is 11.7. The van der Waals surface area contributed by atoms with Crippen LogP contribution < -0.4 is 14.8 Å². The average Bonchev–Trinajstić information content (AvgIpc) is 2.69. The number of fused-ring (bicyclic) bond motifs is 1. The van der Waals surface area contributed by atoms with E-state index in [1.165, 1.54) is 13.1 Å². The van der Waals surface area contributed by atoms with Gasteiger partial charge in [0.05, 0.1) is 30.0 Å². The van der Waals surface area contributed by atoms with Crippen LogP contribution in [0.5, 0.6) is 11.5 Å². The molecule has 6 heteroatoms. The molecule has 0 fully saturated rings. The van der Waals surface area contributed by atoms with Crippen molar-refractivity contribution in [1.82, 2.24) is 4.98 Å². The lowest BCUT2D eigenvalue weighted by molar-refractivity contribution is 0.101. The highest BCUT2D eigenvalue weighted by molar-refractivity contribution is 5.99. The van der Waals surface area contributed by atoms with Gasteiger partial charge in [0.25, 0.3) is 0 Å². The van der Waals surface area contributed by atoms with Crippen LogP contribution in [0, 0.1) is 11.3 Å². The molecule has 1 N–H and O–H groups in total. The number of benzene rings is 2. The molecule has 0 unspecified atom stereocenters. The van der Waals surface area contributed by atoms with Gasteiger partial charge < -0.3 is 14.8 Å². The van der Waals surface area contributed by atoms with Gasteiger partial charge in [0.15, 0.2) is 17.3 Å². The number of nitrogens with zero attached hydrogens (tertiary/aromatic N) is 2. The standard InChI is InChI=1S/C22H21N3O3/c1-4-27-20-10-18-19(11-21(20)28-5-2)24-13-16(12-23)22(18)25-17-8-6-7-15(9-17)14(3)26/h6-11,13H,4-5H2,1-3H3,(H,24,25). The van der Waals surface area contributed by atoms with Crippen LogP contribution in [-0.2, 0) is 0 Å². The number of hydrogen-bond donors (Lipinski definition) is 1. The van der Waals surface area contributed by atoms with Crippen LogP contribution in [0.2, 0.25) is 0 Å². The first-order valence-corrected chi connectivity index (χ1v) is 9.07. The number of ether oxygens (including phenoxy) is 2. The van der Waals surface area contributed by atoms with E-state index >= 15 is 0 Å². The molecule has 0 radical (unpaired) electrons. The fourth-order valence-electron chi connectivity index (χ4n) is 2.92. The number of anilines is 2. The predicted molar refractivity (Wildman–Crippen MR) is 109 cm³/mol. The fraction of sp³-hybridized carbons (Fsp3) is 0.227. The molecule has 0 saturated carbocycles. The van der Waals surface area contributed by atoms with E-state index in [4.69, 9.17) is 9.47 Å². The first kappa shape index (κ1) is 19.2. The lowest BCUT2D eigenvalue weighted by atomic mass is 10.1. The Morgan fingerprint density at radius 3 is 2.50 bits per heavy atom. The maximum Gasteiger partial charge on any atom is 0.163 e. The fourth-order valence-corrected chi connectivity index (χ4v) is 2.92. The molecule has 0 atom stereocenters. The first-order valence-electron chi connectivity index (χ1n) is 9.07.